The Hall–Kier alpha value is -2.50. The molecule has 6 rings (SSSR count). The number of hydrogen-bond acceptors (Lipinski definition) is 1. The molecule has 1 heterocycles. The van der Waals surface area contributed by atoms with Gasteiger partial charge >= 0.3 is 0 Å². The normalized spacial score (nSPS) is 18.1. The first kappa shape index (κ1) is 25.2. The first-order valence-corrected chi connectivity index (χ1v) is 13.3. The molecule has 3 atom stereocenters. The molecule has 3 aromatic carbocycles. The topological polar surface area (TPSA) is 12.9 Å². The van der Waals surface area contributed by atoms with Crippen LogP contribution in [0.4, 0.5) is 0 Å². The van der Waals surface area contributed by atoms with Crippen LogP contribution in [0.1, 0.15) is 86.3 Å². The molecule has 0 N–H and O–H groups in total. The van der Waals surface area contributed by atoms with E-state index in [1.54, 1.807) is 0 Å². The third kappa shape index (κ3) is 3.58. The Bertz CT molecular complexity index is 1370. The van der Waals surface area contributed by atoms with Crippen LogP contribution >= 0.6 is 0 Å². The van der Waals surface area contributed by atoms with E-state index in [1.807, 2.05) is 12.3 Å². The molecule has 0 saturated carbocycles. The van der Waals surface area contributed by atoms with Crippen molar-refractivity contribution in [3.8, 4) is 22.4 Å². The van der Waals surface area contributed by atoms with Crippen LogP contribution in [0.15, 0.2) is 72.9 Å². The molecule has 4 aromatic rings. The van der Waals surface area contributed by atoms with E-state index in [0.717, 1.165) is 17.7 Å². The van der Waals surface area contributed by atoms with Gasteiger partial charge in [-0.15, -0.1) is 35.4 Å². The van der Waals surface area contributed by atoms with Crippen molar-refractivity contribution >= 4 is 0 Å². The van der Waals surface area contributed by atoms with Gasteiger partial charge in [-0.1, -0.05) is 88.6 Å². The number of aromatic nitrogens is 1. The number of fused-ring (bicyclic) bond motifs is 10. The van der Waals surface area contributed by atoms with Crippen molar-refractivity contribution in [3.63, 3.8) is 0 Å². The molecule has 2 heteroatoms. The van der Waals surface area contributed by atoms with E-state index in [-0.39, 0.29) is 26.5 Å². The van der Waals surface area contributed by atoms with Gasteiger partial charge in [0.15, 0.2) is 0 Å². The van der Waals surface area contributed by atoms with E-state index < -0.39 is 0 Å². The van der Waals surface area contributed by atoms with Crippen LogP contribution in [0.25, 0.3) is 22.4 Å². The minimum Gasteiger partial charge on any atom is -0.304 e. The van der Waals surface area contributed by atoms with Gasteiger partial charge in [-0.3, -0.25) is 0 Å². The fraction of sp³-hybridized carbons (Fsp3) is 0.324. The average Bonchev–Trinajstić information content (AvgIpc) is 3.35. The van der Waals surface area contributed by atoms with Crippen LogP contribution in [0.5, 0.6) is 0 Å². The third-order valence-corrected chi connectivity index (χ3v) is 8.51. The zero-order chi connectivity index (χ0) is 24.2. The van der Waals surface area contributed by atoms with Crippen molar-refractivity contribution < 1.29 is 21.1 Å². The van der Waals surface area contributed by atoms with Crippen LogP contribution in [0, 0.1) is 12.0 Å². The fourth-order valence-corrected chi connectivity index (χ4v) is 6.55. The molecule has 2 aliphatic rings. The minimum absolute atomic E-state index is 0. The minimum atomic E-state index is -0.325. The molecule has 2 aliphatic carbocycles. The second kappa shape index (κ2) is 9.75. The molecule has 0 radical (unpaired) electrons. The van der Waals surface area contributed by atoms with Gasteiger partial charge in [-0.05, 0) is 69.8 Å². The van der Waals surface area contributed by atoms with Gasteiger partial charge in [0.1, 0.15) is 0 Å². The summed E-state index contributed by atoms with van der Waals surface area (Å²) in [7, 11) is 0. The Morgan fingerprint density at radius 1 is 0.861 bits per heavy atom. The van der Waals surface area contributed by atoms with Gasteiger partial charge in [0.2, 0.25) is 0 Å². The summed E-state index contributed by atoms with van der Waals surface area (Å²) in [6.45, 7) is 9.30. The van der Waals surface area contributed by atoms with Crippen molar-refractivity contribution in [2.45, 2.75) is 64.7 Å². The van der Waals surface area contributed by atoms with E-state index in [2.05, 4.69) is 94.4 Å². The molecular formula is C34H34NPt-. The Morgan fingerprint density at radius 3 is 2.39 bits per heavy atom. The van der Waals surface area contributed by atoms with E-state index in [9.17, 15) is 0 Å². The van der Waals surface area contributed by atoms with Gasteiger partial charge in [0, 0.05) is 32.7 Å². The first-order valence-electron chi connectivity index (χ1n) is 13.3. The molecule has 1 spiro atoms. The molecule has 0 saturated heterocycles. The predicted molar refractivity (Wildman–Crippen MR) is 146 cm³/mol. The van der Waals surface area contributed by atoms with Crippen molar-refractivity contribution in [2.24, 2.45) is 5.92 Å². The van der Waals surface area contributed by atoms with Crippen LogP contribution in [0.3, 0.4) is 0 Å². The van der Waals surface area contributed by atoms with Crippen molar-refractivity contribution in [1.82, 2.24) is 4.98 Å². The molecule has 186 valence electrons. The number of pyridine rings is 1. The molecule has 0 fully saturated rings. The molecule has 0 amide bonds. The molecule has 36 heavy (non-hydrogen) atoms. The van der Waals surface area contributed by atoms with E-state index >= 15 is 0 Å². The zero-order valence-corrected chi connectivity index (χ0v) is 23.9. The second-order valence-corrected chi connectivity index (χ2v) is 10.7. The number of hydrogen-bond donors (Lipinski definition) is 0. The summed E-state index contributed by atoms with van der Waals surface area (Å²) < 4.78 is 0. The molecule has 1 aromatic heterocycles. The summed E-state index contributed by atoms with van der Waals surface area (Å²) >= 11 is 0. The third-order valence-electron chi connectivity index (χ3n) is 8.51. The summed E-state index contributed by atoms with van der Waals surface area (Å²) in [6, 6.07) is 29.0. The monoisotopic (exact) mass is 651 g/mol. The quantitative estimate of drug-likeness (QED) is 0.164. The molecular weight excluding hydrogens is 617 g/mol. The summed E-state index contributed by atoms with van der Waals surface area (Å²) in [5, 5.41) is 0. The zero-order valence-electron chi connectivity index (χ0n) is 21.7. The van der Waals surface area contributed by atoms with Gasteiger partial charge in [0.05, 0.1) is 0 Å². The number of rotatable bonds is 6. The SMILES string of the molecule is CCCC(C)c1ccc2c(c1)C1(c3ccc[c-]c3-c3ncccc31)c1cc(CC(C)CC)ccc1-2.[Pt]. The number of benzene rings is 3. The van der Waals surface area contributed by atoms with Crippen LogP contribution in [-0.4, -0.2) is 4.98 Å². The fourth-order valence-electron chi connectivity index (χ4n) is 6.55. The van der Waals surface area contributed by atoms with E-state index in [0.29, 0.717) is 11.8 Å². The molecule has 0 aliphatic heterocycles. The van der Waals surface area contributed by atoms with Crippen LogP contribution < -0.4 is 0 Å². The van der Waals surface area contributed by atoms with Crippen LogP contribution in [0.2, 0.25) is 0 Å². The summed E-state index contributed by atoms with van der Waals surface area (Å²) in [5.41, 5.74) is 13.0. The van der Waals surface area contributed by atoms with Gasteiger partial charge in [-0.2, -0.15) is 0 Å². The largest absolute Gasteiger partial charge is 0.304 e. The Morgan fingerprint density at radius 2 is 1.61 bits per heavy atom. The van der Waals surface area contributed by atoms with E-state index in [4.69, 9.17) is 4.98 Å². The maximum absolute atomic E-state index is 4.91. The standard InChI is InChI=1S/C34H34N.Pt/c1-5-10-23(4)25-15-17-27-26-16-14-24(19-22(3)6-2)20-31(26)34(32(27)21-25)29-12-8-7-11-28(29)33-30(34)13-9-18-35-33;/h7-9,12-18,20-23H,5-6,10,19H2,1-4H3;/q-1;. The summed E-state index contributed by atoms with van der Waals surface area (Å²) in [4.78, 5) is 4.91. The van der Waals surface area contributed by atoms with Gasteiger partial charge < -0.3 is 4.98 Å². The second-order valence-electron chi connectivity index (χ2n) is 10.7. The average molecular weight is 652 g/mol. The smallest absolute Gasteiger partial charge is 0.0314 e. The maximum Gasteiger partial charge on any atom is 0.0314 e. The molecule has 1 nitrogen and oxygen atoms in total. The Balaban J connectivity index is 0.00000267. The molecule has 0 bridgehead atoms. The molecule has 3 unspecified atom stereocenters. The summed E-state index contributed by atoms with van der Waals surface area (Å²) in [5.74, 6) is 1.22. The maximum atomic E-state index is 4.91. The van der Waals surface area contributed by atoms with Crippen molar-refractivity contribution in [1.29, 1.82) is 0 Å². The van der Waals surface area contributed by atoms with Crippen molar-refractivity contribution in [2.75, 3.05) is 0 Å². The van der Waals surface area contributed by atoms with Crippen molar-refractivity contribution in [3.05, 3.63) is 112 Å². The first-order chi connectivity index (χ1) is 17.1. The Kier molecular flexibility index (Phi) is 6.82. The van der Waals surface area contributed by atoms with Crippen LogP contribution in [-0.2, 0) is 32.9 Å². The Labute approximate surface area is 230 Å². The number of nitrogens with zero attached hydrogens (tertiary/aromatic N) is 1. The van der Waals surface area contributed by atoms with Gasteiger partial charge in [0.25, 0.3) is 0 Å². The predicted octanol–water partition coefficient (Wildman–Crippen LogP) is 8.71. The van der Waals surface area contributed by atoms with E-state index in [1.165, 1.54) is 63.8 Å². The summed E-state index contributed by atoms with van der Waals surface area (Å²) in [6.07, 6.45) is 6.65. The van der Waals surface area contributed by atoms with Gasteiger partial charge in [-0.25, -0.2) is 0 Å².